The number of pyridine rings is 1. The Morgan fingerprint density at radius 3 is 3.00 bits per heavy atom. The van der Waals surface area contributed by atoms with E-state index in [9.17, 15) is 0 Å². The summed E-state index contributed by atoms with van der Waals surface area (Å²) in [5.74, 6) is 1.41. The van der Waals surface area contributed by atoms with Crippen molar-refractivity contribution in [2.24, 2.45) is 11.8 Å². The topological polar surface area (TPSA) is 48.7 Å². The van der Waals surface area contributed by atoms with Crippen LogP contribution in [0.15, 0.2) is 24.5 Å². The predicted molar refractivity (Wildman–Crippen MR) is 73.3 cm³/mol. The van der Waals surface area contributed by atoms with Gasteiger partial charge < -0.3 is 5.32 Å². The first kappa shape index (κ1) is 13.1. The van der Waals surface area contributed by atoms with Gasteiger partial charge in [-0.2, -0.15) is 5.26 Å². The van der Waals surface area contributed by atoms with Crippen molar-refractivity contribution >= 4 is 18.0 Å². The van der Waals surface area contributed by atoms with E-state index in [1.165, 1.54) is 12.0 Å². The number of nitriles is 1. The van der Waals surface area contributed by atoms with Gasteiger partial charge in [0.1, 0.15) is 6.07 Å². The van der Waals surface area contributed by atoms with E-state index in [-0.39, 0.29) is 12.4 Å². The molecule has 0 unspecified atom stereocenters. The van der Waals surface area contributed by atoms with Crippen molar-refractivity contribution in [3.63, 3.8) is 0 Å². The largest absolute Gasteiger partial charge is 0.316 e. The van der Waals surface area contributed by atoms with Crippen molar-refractivity contribution in [3.05, 3.63) is 35.7 Å². The Bertz CT molecular complexity index is 504. The molecule has 3 rings (SSSR count). The van der Waals surface area contributed by atoms with Gasteiger partial charge in [0.2, 0.25) is 0 Å². The summed E-state index contributed by atoms with van der Waals surface area (Å²) in [6.07, 6.45) is 8.28. The Labute approximate surface area is 113 Å². The van der Waals surface area contributed by atoms with Crippen molar-refractivity contribution in [1.29, 1.82) is 5.26 Å². The summed E-state index contributed by atoms with van der Waals surface area (Å²) in [5.41, 5.74) is 3.15. The number of hydrogen-bond donors (Lipinski definition) is 1. The summed E-state index contributed by atoms with van der Waals surface area (Å²) < 4.78 is 0. The summed E-state index contributed by atoms with van der Waals surface area (Å²) in [6, 6.07) is 4.11. The number of halogens is 1. The van der Waals surface area contributed by atoms with Crippen LogP contribution in [0.1, 0.15) is 24.0 Å². The van der Waals surface area contributed by atoms with Crippen molar-refractivity contribution < 1.29 is 0 Å². The van der Waals surface area contributed by atoms with Gasteiger partial charge in [0.05, 0.1) is 5.56 Å². The molecule has 1 aromatic heterocycles. The first-order chi connectivity index (χ1) is 8.35. The van der Waals surface area contributed by atoms with Crippen molar-refractivity contribution in [1.82, 2.24) is 10.3 Å². The van der Waals surface area contributed by atoms with E-state index < -0.39 is 0 Å². The van der Waals surface area contributed by atoms with E-state index in [0.717, 1.165) is 31.0 Å². The predicted octanol–water partition coefficient (Wildman–Crippen LogP) is 2.39. The van der Waals surface area contributed by atoms with E-state index in [1.807, 2.05) is 12.3 Å². The maximum absolute atomic E-state index is 8.90. The third-order valence-electron chi connectivity index (χ3n) is 3.66. The summed E-state index contributed by atoms with van der Waals surface area (Å²) in [4.78, 5) is 4.15. The van der Waals surface area contributed by atoms with E-state index in [4.69, 9.17) is 5.26 Å². The van der Waals surface area contributed by atoms with Crippen LogP contribution in [0.3, 0.4) is 0 Å². The van der Waals surface area contributed by atoms with Crippen LogP contribution in [-0.2, 0) is 0 Å². The standard InChI is InChI=1S/C14H15N3.ClH/c15-5-12-4-14(9-17-8-12)13-2-10-1-11(3-13)7-16-6-10;/h2,4,8-11,16H,1,3,6-7H2;1H/t10-,11+;/m1./s1. The second-order valence-corrected chi connectivity index (χ2v) is 4.99. The molecule has 2 atom stereocenters. The number of fused-ring (bicyclic) bond motifs is 2. The number of nitrogens with zero attached hydrogens (tertiary/aromatic N) is 2. The number of nitrogens with one attached hydrogen (secondary N) is 1. The van der Waals surface area contributed by atoms with Crippen LogP contribution in [0.5, 0.6) is 0 Å². The lowest BCUT2D eigenvalue weighted by Gasteiger charge is -2.34. The van der Waals surface area contributed by atoms with Gasteiger partial charge in [-0.15, -0.1) is 12.4 Å². The first-order valence-corrected chi connectivity index (χ1v) is 6.12. The molecule has 1 aliphatic carbocycles. The smallest absolute Gasteiger partial charge is 0.101 e. The van der Waals surface area contributed by atoms with Crippen LogP contribution in [0.2, 0.25) is 0 Å². The maximum Gasteiger partial charge on any atom is 0.101 e. The second kappa shape index (κ2) is 5.51. The van der Waals surface area contributed by atoms with Gasteiger partial charge in [0, 0.05) is 18.9 Å². The fraction of sp³-hybridized carbons (Fsp3) is 0.429. The highest BCUT2D eigenvalue weighted by Crippen LogP contribution is 2.35. The number of allylic oxidation sites excluding steroid dienone is 1. The minimum atomic E-state index is 0. The molecule has 2 heterocycles. The first-order valence-electron chi connectivity index (χ1n) is 6.12. The van der Waals surface area contributed by atoms with Crippen molar-refractivity contribution in [3.8, 4) is 6.07 Å². The summed E-state index contributed by atoms with van der Waals surface area (Å²) in [7, 11) is 0. The Hall–Kier alpha value is -1.37. The summed E-state index contributed by atoms with van der Waals surface area (Å²) >= 11 is 0. The molecule has 0 amide bonds. The minimum Gasteiger partial charge on any atom is -0.316 e. The van der Waals surface area contributed by atoms with Gasteiger partial charge in [-0.3, -0.25) is 4.98 Å². The molecule has 1 N–H and O–H groups in total. The Kier molecular flexibility index (Phi) is 4.00. The monoisotopic (exact) mass is 261 g/mol. The summed E-state index contributed by atoms with van der Waals surface area (Å²) in [6.45, 7) is 2.21. The molecule has 2 aliphatic rings. The average molecular weight is 262 g/mol. The molecule has 1 saturated heterocycles. The van der Waals surface area contributed by atoms with Crippen LogP contribution in [0.4, 0.5) is 0 Å². The van der Waals surface area contributed by atoms with E-state index in [0.29, 0.717) is 11.5 Å². The van der Waals surface area contributed by atoms with Crippen LogP contribution in [-0.4, -0.2) is 18.1 Å². The van der Waals surface area contributed by atoms with Gasteiger partial charge in [-0.1, -0.05) is 6.08 Å². The molecule has 1 aliphatic heterocycles. The lowest BCUT2D eigenvalue weighted by molar-refractivity contribution is 0.317. The lowest BCUT2D eigenvalue weighted by atomic mass is 9.78. The highest BCUT2D eigenvalue weighted by molar-refractivity contribution is 5.85. The number of rotatable bonds is 1. The number of piperidine rings is 1. The average Bonchev–Trinajstić information content (AvgIpc) is 2.38. The molecule has 0 spiro atoms. The Morgan fingerprint density at radius 1 is 1.33 bits per heavy atom. The fourth-order valence-corrected chi connectivity index (χ4v) is 2.90. The van der Waals surface area contributed by atoms with E-state index >= 15 is 0 Å². The summed E-state index contributed by atoms with van der Waals surface area (Å²) in [5, 5.41) is 12.4. The van der Waals surface area contributed by atoms with Gasteiger partial charge in [-0.05, 0) is 48.4 Å². The Balaban J connectivity index is 0.00000120. The molecule has 0 saturated carbocycles. The third-order valence-corrected chi connectivity index (χ3v) is 3.66. The molecule has 0 aromatic carbocycles. The van der Waals surface area contributed by atoms with Gasteiger partial charge in [0.25, 0.3) is 0 Å². The molecular weight excluding hydrogens is 246 g/mol. The van der Waals surface area contributed by atoms with Crippen molar-refractivity contribution in [2.75, 3.05) is 13.1 Å². The molecule has 3 nitrogen and oxygen atoms in total. The molecule has 4 heteroatoms. The zero-order valence-corrected chi connectivity index (χ0v) is 10.9. The maximum atomic E-state index is 8.90. The van der Waals surface area contributed by atoms with Crippen LogP contribution < -0.4 is 5.32 Å². The number of aromatic nitrogens is 1. The molecule has 94 valence electrons. The molecule has 0 radical (unpaired) electrons. The molecule has 1 aromatic rings. The lowest BCUT2D eigenvalue weighted by Crippen LogP contribution is -2.37. The fourth-order valence-electron chi connectivity index (χ4n) is 2.90. The normalized spacial score (nSPS) is 25.6. The molecule has 2 bridgehead atoms. The van der Waals surface area contributed by atoms with Gasteiger partial charge >= 0.3 is 0 Å². The van der Waals surface area contributed by atoms with Crippen LogP contribution in [0.25, 0.3) is 5.57 Å². The van der Waals surface area contributed by atoms with Gasteiger partial charge in [0.15, 0.2) is 0 Å². The molecular formula is C14H16ClN3. The zero-order chi connectivity index (χ0) is 11.7. The quantitative estimate of drug-likeness (QED) is 0.845. The molecule has 18 heavy (non-hydrogen) atoms. The van der Waals surface area contributed by atoms with Crippen LogP contribution >= 0.6 is 12.4 Å². The second-order valence-electron chi connectivity index (χ2n) is 4.99. The van der Waals surface area contributed by atoms with Gasteiger partial charge in [-0.25, -0.2) is 0 Å². The minimum absolute atomic E-state index is 0. The highest BCUT2D eigenvalue weighted by atomic mass is 35.5. The molecule has 1 fully saturated rings. The zero-order valence-electron chi connectivity index (χ0n) is 10.1. The van der Waals surface area contributed by atoms with Crippen molar-refractivity contribution in [2.45, 2.75) is 12.8 Å². The highest BCUT2D eigenvalue weighted by Gasteiger charge is 2.26. The van der Waals surface area contributed by atoms with Crippen LogP contribution in [0, 0.1) is 23.2 Å². The third kappa shape index (κ3) is 2.55. The van der Waals surface area contributed by atoms with E-state index in [1.54, 1.807) is 6.20 Å². The van der Waals surface area contributed by atoms with E-state index in [2.05, 4.69) is 22.4 Å². The SMILES string of the molecule is Cl.N#Cc1cncc(C2=C[C@@H]3CNC[C@H](C2)C3)c1. The number of hydrogen-bond acceptors (Lipinski definition) is 3. The Morgan fingerprint density at radius 2 is 2.22 bits per heavy atom.